The fraction of sp³-hybridized carbons (Fsp3) is 0.550. The molecule has 1 fully saturated rings. The van der Waals surface area contributed by atoms with Crippen molar-refractivity contribution >= 4 is 12.0 Å². The fourth-order valence-electron chi connectivity index (χ4n) is 2.98. The molecule has 1 saturated carbocycles. The van der Waals surface area contributed by atoms with Gasteiger partial charge in [-0.1, -0.05) is 31.7 Å². The molecule has 0 heterocycles. The minimum absolute atomic E-state index is 0.0247. The molecule has 0 spiro atoms. The number of hydrogen-bond donors (Lipinski definition) is 1. The molecule has 1 amide bonds. The van der Waals surface area contributed by atoms with Gasteiger partial charge in [0.25, 0.3) is 0 Å². The molecule has 0 radical (unpaired) electrons. The van der Waals surface area contributed by atoms with Gasteiger partial charge in [0.2, 0.25) is 5.91 Å². The van der Waals surface area contributed by atoms with E-state index in [1.165, 1.54) is 25.7 Å². The van der Waals surface area contributed by atoms with Gasteiger partial charge in [-0.2, -0.15) is 0 Å². The highest BCUT2D eigenvalue weighted by atomic mass is 16.5. The van der Waals surface area contributed by atoms with Crippen molar-refractivity contribution in [3.63, 3.8) is 0 Å². The summed E-state index contributed by atoms with van der Waals surface area (Å²) in [5, 5.41) is 3.11. The Bertz CT molecular complexity index is 558. The molecular weight excluding hydrogens is 302 g/mol. The Labute approximate surface area is 145 Å². The van der Waals surface area contributed by atoms with Gasteiger partial charge >= 0.3 is 0 Å². The molecule has 1 aliphatic carbocycles. The zero-order chi connectivity index (χ0) is 17.4. The first-order valence-electron chi connectivity index (χ1n) is 8.91. The molecule has 132 valence electrons. The van der Waals surface area contributed by atoms with E-state index < -0.39 is 0 Å². The first-order valence-corrected chi connectivity index (χ1v) is 8.91. The van der Waals surface area contributed by atoms with Crippen LogP contribution in [0.25, 0.3) is 6.08 Å². The third kappa shape index (κ3) is 5.91. The molecule has 2 rings (SSSR count). The normalized spacial score (nSPS) is 16.2. The van der Waals surface area contributed by atoms with Crippen molar-refractivity contribution in [2.45, 2.75) is 64.5 Å². The monoisotopic (exact) mass is 331 g/mol. The Morgan fingerprint density at radius 1 is 1.17 bits per heavy atom. The Hall–Kier alpha value is -1.97. The van der Waals surface area contributed by atoms with E-state index in [2.05, 4.69) is 5.32 Å². The van der Waals surface area contributed by atoms with Gasteiger partial charge in [-0.05, 0) is 50.5 Å². The zero-order valence-corrected chi connectivity index (χ0v) is 15.0. The highest BCUT2D eigenvalue weighted by Gasteiger charge is 2.13. The summed E-state index contributed by atoms with van der Waals surface area (Å²) in [4.78, 5) is 12.1. The van der Waals surface area contributed by atoms with Gasteiger partial charge in [0.05, 0.1) is 13.2 Å². The number of rotatable bonds is 6. The van der Waals surface area contributed by atoms with Gasteiger partial charge in [-0.3, -0.25) is 4.79 Å². The van der Waals surface area contributed by atoms with Crippen molar-refractivity contribution in [3.8, 4) is 11.5 Å². The van der Waals surface area contributed by atoms with Crippen LogP contribution >= 0.6 is 0 Å². The lowest BCUT2D eigenvalue weighted by Gasteiger charge is -2.15. The second-order valence-corrected chi connectivity index (χ2v) is 6.61. The number of methoxy groups -OCH3 is 1. The predicted molar refractivity (Wildman–Crippen MR) is 97.4 cm³/mol. The molecule has 0 bridgehead atoms. The van der Waals surface area contributed by atoms with Crippen LogP contribution in [0.2, 0.25) is 0 Å². The van der Waals surface area contributed by atoms with Crippen molar-refractivity contribution in [2.24, 2.45) is 0 Å². The summed E-state index contributed by atoms with van der Waals surface area (Å²) < 4.78 is 11.1. The number of hydrogen-bond acceptors (Lipinski definition) is 3. The van der Waals surface area contributed by atoms with Crippen molar-refractivity contribution in [1.29, 1.82) is 0 Å². The van der Waals surface area contributed by atoms with Gasteiger partial charge in [0.1, 0.15) is 0 Å². The molecule has 4 nitrogen and oxygen atoms in total. The van der Waals surface area contributed by atoms with E-state index in [-0.39, 0.29) is 12.0 Å². The van der Waals surface area contributed by atoms with Gasteiger partial charge in [0.15, 0.2) is 11.5 Å². The first-order chi connectivity index (χ1) is 11.6. The highest BCUT2D eigenvalue weighted by molar-refractivity contribution is 5.92. The third-order valence-electron chi connectivity index (χ3n) is 4.18. The highest BCUT2D eigenvalue weighted by Crippen LogP contribution is 2.29. The molecule has 1 aromatic rings. The van der Waals surface area contributed by atoms with E-state index in [0.29, 0.717) is 17.5 Å². The Kier molecular flexibility index (Phi) is 7.16. The second kappa shape index (κ2) is 9.36. The molecule has 0 atom stereocenters. The maximum Gasteiger partial charge on any atom is 0.244 e. The van der Waals surface area contributed by atoms with Crippen LogP contribution in [-0.2, 0) is 4.79 Å². The summed E-state index contributed by atoms with van der Waals surface area (Å²) in [6.45, 7) is 3.95. The molecule has 1 aromatic carbocycles. The van der Waals surface area contributed by atoms with Crippen LogP contribution in [-0.4, -0.2) is 25.2 Å². The summed E-state index contributed by atoms with van der Waals surface area (Å²) in [6, 6.07) is 6.01. The van der Waals surface area contributed by atoms with E-state index in [1.807, 2.05) is 38.1 Å². The molecular formula is C20H29NO3. The first kappa shape index (κ1) is 18.4. The number of benzene rings is 1. The number of carbonyl (C=O) groups excluding carboxylic acids is 1. The van der Waals surface area contributed by atoms with Gasteiger partial charge in [-0.25, -0.2) is 0 Å². The van der Waals surface area contributed by atoms with Crippen LogP contribution in [0.15, 0.2) is 24.3 Å². The Balaban J connectivity index is 1.96. The van der Waals surface area contributed by atoms with Crippen LogP contribution in [0.4, 0.5) is 0 Å². The molecule has 1 aliphatic rings. The topological polar surface area (TPSA) is 47.6 Å². The van der Waals surface area contributed by atoms with E-state index in [9.17, 15) is 4.79 Å². The summed E-state index contributed by atoms with van der Waals surface area (Å²) in [5.74, 6) is 1.37. The SMILES string of the molecule is COc1cc(/C=C/C(=O)NC2CCCCCC2)ccc1OC(C)C. The average molecular weight is 331 g/mol. The Morgan fingerprint density at radius 2 is 1.88 bits per heavy atom. The van der Waals surface area contributed by atoms with E-state index in [4.69, 9.17) is 9.47 Å². The van der Waals surface area contributed by atoms with Crippen LogP contribution in [0.5, 0.6) is 11.5 Å². The van der Waals surface area contributed by atoms with Crippen molar-refractivity contribution < 1.29 is 14.3 Å². The molecule has 0 aliphatic heterocycles. The maximum absolute atomic E-state index is 12.1. The lowest BCUT2D eigenvalue weighted by atomic mass is 10.1. The maximum atomic E-state index is 12.1. The lowest BCUT2D eigenvalue weighted by Crippen LogP contribution is -2.33. The van der Waals surface area contributed by atoms with Gasteiger partial charge in [-0.15, -0.1) is 0 Å². The van der Waals surface area contributed by atoms with Gasteiger partial charge in [0, 0.05) is 12.1 Å². The predicted octanol–water partition coefficient (Wildman–Crippen LogP) is 4.33. The second-order valence-electron chi connectivity index (χ2n) is 6.61. The minimum Gasteiger partial charge on any atom is -0.493 e. The van der Waals surface area contributed by atoms with Crippen LogP contribution in [0.3, 0.4) is 0 Å². The number of ether oxygens (including phenoxy) is 2. The standard InChI is InChI=1S/C20H29NO3/c1-15(2)24-18-12-10-16(14-19(18)23-3)11-13-20(22)21-17-8-6-4-5-7-9-17/h10-15,17H,4-9H2,1-3H3,(H,21,22)/b13-11+. The smallest absolute Gasteiger partial charge is 0.244 e. The summed E-state index contributed by atoms with van der Waals surface area (Å²) in [7, 11) is 1.62. The molecule has 0 unspecified atom stereocenters. The molecule has 0 aromatic heterocycles. The van der Waals surface area contributed by atoms with E-state index in [0.717, 1.165) is 18.4 Å². The Morgan fingerprint density at radius 3 is 2.50 bits per heavy atom. The number of carbonyl (C=O) groups is 1. The number of nitrogens with one attached hydrogen (secondary N) is 1. The minimum atomic E-state index is -0.0247. The third-order valence-corrected chi connectivity index (χ3v) is 4.18. The molecule has 4 heteroatoms. The van der Waals surface area contributed by atoms with Crippen LogP contribution < -0.4 is 14.8 Å². The molecule has 24 heavy (non-hydrogen) atoms. The lowest BCUT2D eigenvalue weighted by molar-refractivity contribution is -0.117. The van der Waals surface area contributed by atoms with Crippen molar-refractivity contribution in [3.05, 3.63) is 29.8 Å². The fourth-order valence-corrected chi connectivity index (χ4v) is 2.98. The molecule has 1 N–H and O–H groups in total. The van der Waals surface area contributed by atoms with Crippen LogP contribution in [0.1, 0.15) is 57.9 Å². The molecule has 0 saturated heterocycles. The van der Waals surface area contributed by atoms with Crippen molar-refractivity contribution in [2.75, 3.05) is 7.11 Å². The quantitative estimate of drug-likeness (QED) is 0.623. The number of amides is 1. The zero-order valence-electron chi connectivity index (χ0n) is 15.0. The summed E-state index contributed by atoms with van der Waals surface area (Å²) in [5.41, 5.74) is 0.916. The van der Waals surface area contributed by atoms with Gasteiger partial charge < -0.3 is 14.8 Å². The average Bonchev–Trinajstić information content (AvgIpc) is 2.82. The van der Waals surface area contributed by atoms with Crippen LogP contribution in [0, 0.1) is 0 Å². The van der Waals surface area contributed by atoms with Crippen molar-refractivity contribution in [1.82, 2.24) is 5.32 Å². The van der Waals surface area contributed by atoms with E-state index in [1.54, 1.807) is 13.2 Å². The van der Waals surface area contributed by atoms with E-state index >= 15 is 0 Å². The largest absolute Gasteiger partial charge is 0.493 e. The summed E-state index contributed by atoms with van der Waals surface area (Å²) in [6.07, 6.45) is 10.7. The summed E-state index contributed by atoms with van der Waals surface area (Å²) >= 11 is 0.